The van der Waals surface area contributed by atoms with E-state index in [-0.39, 0.29) is 0 Å². The maximum atomic E-state index is 6.02. The maximum Gasteiger partial charge on any atom is 0.0934 e. The van der Waals surface area contributed by atoms with Gasteiger partial charge in [0, 0.05) is 10.9 Å². The first-order valence-electron chi connectivity index (χ1n) is 5.84. The summed E-state index contributed by atoms with van der Waals surface area (Å²) in [6.45, 7) is 0. The second kappa shape index (κ2) is 4.45. The number of hydrogen-bond acceptors (Lipinski definition) is 2. The Morgan fingerprint density at radius 2 is 2.18 bits per heavy atom. The molecule has 3 rings (SSSR count). The fraction of sp³-hybridized carbons (Fsp3) is 0.286. The highest BCUT2D eigenvalue weighted by Crippen LogP contribution is 2.40. The zero-order valence-corrected chi connectivity index (χ0v) is 11.2. The molecule has 1 aromatic heterocycles. The van der Waals surface area contributed by atoms with E-state index in [9.17, 15) is 0 Å². The SMILES string of the molecule is CNC1CCc2c(-c3ccc(Cl)s3)cccc21. The van der Waals surface area contributed by atoms with Crippen LogP contribution in [0.15, 0.2) is 30.3 Å². The lowest BCUT2D eigenvalue weighted by molar-refractivity contribution is 0.590. The van der Waals surface area contributed by atoms with E-state index in [0.717, 1.165) is 10.8 Å². The van der Waals surface area contributed by atoms with Gasteiger partial charge in [-0.05, 0) is 48.7 Å². The molecule has 1 atom stereocenters. The topological polar surface area (TPSA) is 12.0 Å². The van der Waals surface area contributed by atoms with Crippen molar-refractivity contribution in [1.29, 1.82) is 0 Å². The summed E-state index contributed by atoms with van der Waals surface area (Å²) >= 11 is 7.68. The van der Waals surface area contributed by atoms with Gasteiger partial charge >= 0.3 is 0 Å². The van der Waals surface area contributed by atoms with Gasteiger partial charge in [-0.3, -0.25) is 0 Å². The third kappa shape index (κ3) is 1.90. The summed E-state index contributed by atoms with van der Waals surface area (Å²) in [5.41, 5.74) is 4.30. The lowest BCUT2D eigenvalue weighted by Gasteiger charge is -2.11. The molecule has 0 saturated heterocycles. The second-order valence-electron chi connectivity index (χ2n) is 4.36. The molecule has 0 radical (unpaired) electrons. The fourth-order valence-corrected chi connectivity index (χ4v) is 3.74. The molecule has 0 saturated carbocycles. The van der Waals surface area contributed by atoms with Crippen molar-refractivity contribution in [2.24, 2.45) is 0 Å². The van der Waals surface area contributed by atoms with Gasteiger partial charge in [-0.25, -0.2) is 0 Å². The normalized spacial score (nSPS) is 18.4. The molecule has 0 bridgehead atoms. The standard InChI is InChI=1S/C14H14ClNS/c1-16-12-6-5-9-10(12)3-2-4-11(9)13-7-8-14(15)17-13/h2-4,7-8,12,16H,5-6H2,1H3. The van der Waals surface area contributed by atoms with E-state index in [1.54, 1.807) is 11.3 Å². The lowest BCUT2D eigenvalue weighted by Crippen LogP contribution is -2.12. The summed E-state index contributed by atoms with van der Waals surface area (Å²) in [6, 6.07) is 11.2. The Labute approximate surface area is 110 Å². The van der Waals surface area contributed by atoms with Gasteiger partial charge in [0.05, 0.1) is 4.34 Å². The minimum Gasteiger partial charge on any atom is -0.313 e. The molecule has 0 amide bonds. The van der Waals surface area contributed by atoms with E-state index in [4.69, 9.17) is 11.6 Å². The highest BCUT2D eigenvalue weighted by atomic mass is 35.5. The van der Waals surface area contributed by atoms with Gasteiger partial charge in [0.2, 0.25) is 0 Å². The van der Waals surface area contributed by atoms with Gasteiger partial charge in [-0.1, -0.05) is 29.8 Å². The molecule has 1 N–H and O–H groups in total. The summed E-state index contributed by atoms with van der Waals surface area (Å²) in [4.78, 5) is 1.28. The average molecular weight is 264 g/mol. The Kier molecular flexibility index (Phi) is 2.95. The maximum absolute atomic E-state index is 6.02. The molecule has 0 spiro atoms. The van der Waals surface area contributed by atoms with Crippen molar-refractivity contribution < 1.29 is 0 Å². The Bertz CT molecular complexity index is 547. The van der Waals surface area contributed by atoms with Gasteiger partial charge in [0.1, 0.15) is 0 Å². The quantitative estimate of drug-likeness (QED) is 0.853. The summed E-state index contributed by atoms with van der Waals surface area (Å²) in [5.74, 6) is 0. The zero-order chi connectivity index (χ0) is 11.8. The van der Waals surface area contributed by atoms with Crippen LogP contribution in [0, 0.1) is 0 Å². The summed E-state index contributed by atoms with van der Waals surface area (Å²) in [5, 5.41) is 3.38. The minimum atomic E-state index is 0.514. The molecule has 1 aliphatic rings. The molecule has 88 valence electrons. The predicted octanol–water partition coefficient (Wildman–Crippen LogP) is 4.28. The van der Waals surface area contributed by atoms with Crippen molar-refractivity contribution in [3.63, 3.8) is 0 Å². The second-order valence-corrected chi connectivity index (χ2v) is 6.07. The van der Waals surface area contributed by atoms with Crippen molar-refractivity contribution in [2.45, 2.75) is 18.9 Å². The third-order valence-corrected chi connectivity index (χ3v) is 4.72. The highest BCUT2D eigenvalue weighted by molar-refractivity contribution is 7.19. The molecule has 0 fully saturated rings. The van der Waals surface area contributed by atoms with Crippen molar-refractivity contribution in [3.8, 4) is 10.4 Å². The van der Waals surface area contributed by atoms with E-state index < -0.39 is 0 Å². The van der Waals surface area contributed by atoms with E-state index in [1.165, 1.54) is 28.0 Å². The largest absolute Gasteiger partial charge is 0.313 e. The zero-order valence-electron chi connectivity index (χ0n) is 9.66. The van der Waals surface area contributed by atoms with Crippen LogP contribution < -0.4 is 5.32 Å². The number of halogens is 1. The predicted molar refractivity (Wildman–Crippen MR) is 74.9 cm³/mol. The molecular weight excluding hydrogens is 250 g/mol. The number of nitrogens with one attached hydrogen (secondary N) is 1. The highest BCUT2D eigenvalue weighted by Gasteiger charge is 2.23. The Balaban J connectivity index is 2.11. The molecule has 3 heteroatoms. The smallest absolute Gasteiger partial charge is 0.0934 e. The van der Waals surface area contributed by atoms with Gasteiger partial charge in [0.15, 0.2) is 0 Å². The van der Waals surface area contributed by atoms with Crippen molar-refractivity contribution in [3.05, 3.63) is 45.8 Å². The number of thiophene rings is 1. The fourth-order valence-electron chi connectivity index (χ4n) is 2.64. The van der Waals surface area contributed by atoms with Crippen LogP contribution in [0.5, 0.6) is 0 Å². The van der Waals surface area contributed by atoms with Crippen LogP contribution in [-0.4, -0.2) is 7.05 Å². The first-order valence-corrected chi connectivity index (χ1v) is 7.04. The average Bonchev–Trinajstić information content (AvgIpc) is 2.94. The van der Waals surface area contributed by atoms with Crippen LogP contribution in [0.4, 0.5) is 0 Å². The Morgan fingerprint density at radius 3 is 2.88 bits per heavy atom. The summed E-state index contributed by atoms with van der Waals surface area (Å²) in [7, 11) is 2.04. The molecule has 1 nitrogen and oxygen atoms in total. The number of rotatable bonds is 2. The van der Waals surface area contributed by atoms with Crippen LogP contribution in [-0.2, 0) is 6.42 Å². The molecule has 17 heavy (non-hydrogen) atoms. The molecule has 2 aromatic rings. The van der Waals surface area contributed by atoms with Gasteiger partial charge in [-0.15, -0.1) is 11.3 Å². The summed E-state index contributed by atoms with van der Waals surface area (Å²) in [6.07, 6.45) is 2.36. The molecule has 1 aromatic carbocycles. The molecule has 1 unspecified atom stereocenters. The minimum absolute atomic E-state index is 0.514. The number of hydrogen-bond donors (Lipinski definition) is 1. The Hall–Kier alpha value is -0.830. The monoisotopic (exact) mass is 263 g/mol. The molecule has 1 aliphatic carbocycles. The molecular formula is C14H14ClNS. The first kappa shape index (κ1) is 11.3. The van der Waals surface area contributed by atoms with Gasteiger partial charge in [-0.2, -0.15) is 0 Å². The van der Waals surface area contributed by atoms with Crippen molar-refractivity contribution >= 4 is 22.9 Å². The van der Waals surface area contributed by atoms with Gasteiger partial charge in [0.25, 0.3) is 0 Å². The number of fused-ring (bicyclic) bond motifs is 1. The van der Waals surface area contributed by atoms with Crippen LogP contribution in [0.25, 0.3) is 10.4 Å². The van der Waals surface area contributed by atoms with Crippen LogP contribution in [0.1, 0.15) is 23.6 Å². The van der Waals surface area contributed by atoms with Crippen LogP contribution in [0.2, 0.25) is 4.34 Å². The van der Waals surface area contributed by atoms with Crippen molar-refractivity contribution in [2.75, 3.05) is 7.05 Å². The van der Waals surface area contributed by atoms with E-state index in [0.29, 0.717) is 6.04 Å². The third-order valence-electron chi connectivity index (χ3n) is 3.46. The lowest BCUT2D eigenvalue weighted by atomic mass is 10.0. The van der Waals surface area contributed by atoms with Crippen LogP contribution >= 0.6 is 22.9 Å². The van der Waals surface area contributed by atoms with E-state index >= 15 is 0 Å². The van der Waals surface area contributed by atoms with E-state index in [1.807, 2.05) is 13.1 Å². The number of benzene rings is 1. The Morgan fingerprint density at radius 1 is 1.29 bits per heavy atom. The first-order chi connectivity index (χ1) is 8.29. The van der Waals surface area contributed by atoms with Crippen molar-refractivity contribution in [1.82, 2.24) is 5.32 Å². The van der Waals surface area contributed by atoms with E-state index in [2.05, 4.69) is 29.6 Å². The van der Waals surface area contributed by atoms with Crippen LogP contribution in [0.3, 0.4) is 0 Å². The molecule has 1 heterocycles. The summed E-state index contributed by atoms with van der Waals surface area (Å²) < 4.78 is 0.862. The molecule has 0 aliphatic heterocycles. The van der Waals surface area contributed by atoms with Gasteiger partial charge < -0.3 is 5.32 Å².